The van der Waals surface area contributed by atoms with Crippen LogP contribution in [0.15, 0.2) is 0 Å². The highest BCUT2D eigenvalue weighted by Gasteiger charge is 2.16. The lowest BCUT2D eigenvalue weighted by Crippen LogP contribution is -2.23. The van der Waals surface area contributed by atoms with Crippen LogP contribution in [0, 0.1) is 0 Å². The number of carbonyl (C=O) groups is 2. The molecule has 0 N–H and O–H groups in total. The number of rotatable bonds is 7. The van der Waals surface area contributed by atoms with Crippen LogP contribution in [0.5, 0.6) is 0 Å². The van der Waals surface area contributed by atoms with Crippen LogP contribution >= 0.6 is 0 Å². The van der Waals surface area contributed by atoms with Gasteiger partial charge < -0.3 is 9.64 Å². The molecule has 0 saturated carbocycles. The highest BCUT2D eigenvalue weighted by atomic mass is 32.2. The van der Waals surface area contributed by atoms with Crippen molar-refractivity contribution in [2.75, 3.05) is 27.0 Å². The lowest BCUT2D eigenvalue weighted by molar-refractivity contribution is -0.140. The van der Waals surface area contributed by atoms with Gasteiger partial charge in [0.25, 0.3) is 0 Å². The van der Waals surface area contributed by atoms with E-state index in [9.17, 15) is 13.8 Å². The van der Waals surface area contributed by atoms with Gasteiger partial charge in [-0.15, -0.1) is 0 Å². The Labute approximate surface area is 105 Å². The van der Waals surface area contributed by atoms with Gasteiger partial charge >= 0.3 is 5.97 Å². The number of hydrogen-bond donors (Lipinski definition) is 0. The van der Waals surface area contributed by atoms with E-state index in [-0.39, 0.29) is 23.5 Å². The van der Waals surface area contributed by atoms with Crippen LogP contribution in [-0.4, -0.2) is 53.2 Å². The van der Waals surface area contributed by atoms with Crippen LogP contribution in [0.4, 0.5) is 0 Å². The van der Waals surface area contributed by atoms with Crippen molar-refractivity contribution in [3.05, 3.63) is 0 Å². The summed E-state index contributed by atoms with van der Waals surface area (Å²) in [5, 5.41) is -0.225. The lowest BCUT2D eigenvalue weighted by Gasteiger charge is -2.11. The van der Waals surface area contributed by atoms with E-state index in [1.54, 1.807) is 21.0 Å². The van der Waals surface area contributed by atoms with Crippen molar-refractivity contribution < 1.29 is 18.5 Å². The Bertz CT molecular complexity index is 291. The van der Waals surface area contributed by atoms with Crippen molar-refractivity contribution in [3.8, 4) is 0 Å². The van der Waals surface area contributed by atoms with Crippen molar-refractivity contribution in [2.45, 2.75) is 31.4 Å². The number of amides is 1. The van der Waals surface area contributed by atoms with Gasteiger partial charge in [-0.05, 0) is 6.42 Å². The molecular formula is C11H21NO4S. The monoisotopic (exact) mass is 263 g/mol. The van der Waals surface area contributed by atoms with E-state index in [1.165, 1.54) is 12.0 Å². The number of methoxy groups -OCH3 is 1. The second-order valence-electron chi connectivity index (χ2n) is 4.07. The molecule has 0 spiro atoms. The van der Waals surface area contributed by atoms with Crippen molar-refractivity contribution >= 4 is 22.7 Å². The summed E-state index contributed by atoms with van der Waals surface area (Å²) in [4.78, 5) is 23.8. The molecule has 0 radical (unpaired) electrons. The molecule has 5 nitrogen and oxygen atoms in total. The summed E-state index contributed by atoms with van der Waals surface area (Å²) < 4.78 is 16.2. The first-order valence-electron chi connectivity index (χ1n) is 5.52. The molecule has 2 atom stereocenters. The Balaban J connectivity index is 3.86. The molecule has 1 amide bonds. The average Bonchev–Trinajstić information content (AvgIpc) is 2.28. The van der Waals surface area contributed by atoms with E-state index in [0.717, 1.165) is 0 Å². The zero-order chi connectivity index (χ0) is 13.4. The van der Waals surface area contributed by atoms with Crippen molar-refractivity contribution in [3.63, 3.8) is 0 Å². The van der Waals surface area contributed by atoms with Gasteiger partial charge in [0.1, 0.15) is 0 Å². The molecule has 0 aliphatic carbocycles. The summed E-state index contributed by atoms with van der Waals surface area (Å²) in [6, 6.07) is 0. The molecule has 0 rings (SSSR count). The average molecular weight is 263 g/mol. The molecular weight excluding hydrogens is 242 g/mol. The summed E-state index contributed by atoms with van der Waals surface area (Å²) in [6.07, 6.45) is 1.13. The molecule has 0 bridgehead atoms. The third kappa shape index (κ3) is 7.10. The number of ether oxygens (including phenoxy) is 1. The number of hydrogen-bond acceptors (Lipinski definition) is 4. The first-order chi connectivity index (χ1) is 7.88. The van der Waals surface area contributed by atoms with E-state index in [2.05, 4.69) is 4.74 Å². The highest BCUT2D eigenvalue weighted by Crippen LogP contribution is 2.06. The van der Waals surface area contributed by atoms with Crippen LogP contribution < -0.4 is 0 Å². The maximum Gasteiger partial charge on any atom is 0.306 e. The van der Waals surface area contributed by atoms with Gasteiger partial charge in [-0.1, -0.05) is 6.92 Å². The van der Waals surface area contributed by atoms with Crippen LogP contribution in [0.2, 0.25) is 0 Å². The maximum absolute atomic E-state index is 11.7. The smallest absolute Gasteiger partial charge is 0.306 e. The Kier molecular flexibility index (Phi) is 7.78. The Morgan fingerprint density at radius 3 is 2.41 bits per heavy atom. The quantitative estimate of drug-likeness (QED) is 0.629. The van der Waals surface area contributed by atoms with Gasteiger partial charge in [0.2, 0.25) is 5.91 Å². The molecule has 0 saturated heterocycles. The number of nitrogens with zero attached hydrogens (tertiary/aromatic N) is 1. The summed E-state index contributed by atoms with van der Waals surface area (Å²) in [5.41, 5.74) is 0. The van der Waals surface area contributed by atoms with Crippen LogP contribution in [0.1, 0.15) is 26.2 Å². The van der Waals surface area contributed by atoms with Gasteiger partial charge in [-0.2, -0.15) is 0 Å². The van der Waals surface area contributed by atoms with Gasteiger partial charge in [-0.3, -0.25) is 13.8 Å². The second-order valence-corrected chi connectivity index (χ2v) is 6.04. The molecule has 0 aliphatic heterocycles. The number of esters is 1. The molecule has 100 valence electrons. The predicted molar refractivity (Wildman–Crippen MR) is 67.0 cm³/mol. The molecule has 2 unspecified atom stereocenters. The third-order valence-electron chi connectivity index (χ3n) is 2.37. The molecule has 17 heavy (non-hydrogen) atoms. The summed E-state index contributed by atoms with van der Waals surface area (Å²) in [7, 11) is 3.61. The minimum atomic E-state index is -1.09. The van der Waals surface area contributed by atoms with E-state index in [4.69, 9.17) is 0 Å². The van der Waals surface area contributed by atoms with Crippen LogP contribution in [0.3, 0.4) is 0 Å². The normalized spacial score (nSPS) is 13.9. The second kappa shape index (κ2) is 8.22. The molecule has 0 aliphatic rings. The third-order valence-corrected chi connectivity index (χ3v) is 4.12. The minimum Gasteiger partial charge on any atom is -0.469 e. The van der Waals surface area contributed by atoms with Crippen molar-refractivity contribution in [2.24, 2.45) is 0 Å². The first-order valence-corrected chi connectivity index (χ1v) is 6.90. The molecule has 0 aromatic carbocycles. The fraction of sp³-hybridized carbons (Fsp3) is 0.818. The number of carbonyl (C=O) groups excluding carboxylic acids is 2. The fourth-order valence-electron chi connectivity index (χ4n) is 1.20. The molecule has 0 heterocycles. The van der Waals surface area contributed by atoms with Crippen molar-refractivity contribution in [1.82, 2.24) is 4.90 Å². The molecule has 0 fully saturated rings. The van der Waals surface area contributed by atoms with Gasteiger partial charge in [0, 0.05) is 42.3 Å². The van der Waals surface area contributed by atoms with Gasteiger partial charge in [0.05, 0.1) is 13.5 Å². The van der Waals surface area contributed by atoms with E-state index in [0.29, 0.717) is 18.6 Å². The van der Waals surface area contributed by atoms with Gasteiger partial charge in [-0.25, -0.2) is 0 Å². The standard InChI is InChI=1S/C11H21NO4S/c1-9(8-11(14)16-4)17(15)7-5-6-10(13)12(2)3/h9H,5-8H2,1-4H3. The van der Waals surface area contributed by atoms with Crippen molar-refractivity contribution in [1.29, 1.82) is 0 Å². The van der Waals surface area contributed by atoms with E-state index < -0.39 is 10.8 Å². The molecule has 0 aromatic heterocycles. The SMILES string of the molecule is COC(=O)CC(C)S(=O)CCCC(=O)N(C)C. The zero-order valence-corrected chi connectivity index (χ0v) is 11.7. The Morgan fingerprint density at radius 2 is 1.94 bits per heavy atom. The summed E-state index contributed by atoms with van der Waals surface area (Å²) in [5.74, 6) is 0.121. The fourth-order valence-corrected chi connectivity index (χ4v) is 2.35. The molecule has 0 aromatic rings. The minimum absolute atomic E-state index is 0.0302. The Hall–Kier alpha value is -0.910. The van der Waals surface area contributed by atoms with Crippen LogP contribution in [0.25, 0.3) is 0 Å². The summed E-state index contributed by atoms with van der Waals surface area (Å²) in [6.45, 7) is 1.75. The topological polar surface area (TPSA) is 63.7 Å². The lowest BCUT2D eigenvalue weighted by atomic mass is 10.3. The zero-order valence-electron chi connectivity index (χ0n) is 10.9. The van der Waals surface area contributed by atoms with E-state index >= 15 is 0 Å². The molecule has 6 heteroatoms. The van der Waals surface area contributed by atoms with Crippen LogP contribution in [-0.2, 0) is 25.1 Å². The maximum atomic E-state index is 11.7. The van der Waals surface area contributed by atoms with E-state index in [1.807, 2.05) is 0 Å². The first kappa shape index (κ1) is 16.1. The Morgan fingerprint density at radius 1 is 1.35 bits per heavy atom. The highest BCUT2D eigenvalue weighted by molar-refractivity contribution is 7.85. The summed E-state index contributed by atoms with van der Waals surface area (Å²) >= 11 is 0. The predicted octanol–water partition coefficient (Wildman–Crippen LogP) is 0.555. The van der Waals surface area contributed by atoms with Gasteiger partial charge in [0.15, 0.2) is 0 Å². The largest absolute Gasteiger partial charge is 0.469 e.